The van der Waals surface area contributed by atoms with E-state index in [4.69, 9.17) is 4.74 Å². The van der Waals surface area contributed by atoms with Gasteiger partial charge in [-0.1, -0.05) is 25.1 Å². The summed E-state index contributed by atoms with van der Waals surface area (Å²) < 4.78 is 5.37. The molecule has 1 heterocycles. The topological polar surface area (TPSA) is 74.3 Å². The standard InChI is InChI=1S/C15H22N4O2/c1-3-14-16-15(18-17-14)11-19(8-9-20)10-12-6-4-5-7-13(12)21-2/h4-7,20H,3,8-11H2,1-2H3,(H,16,17,18). The van der Waals surface area contributed by atoms with E-state index in [1.165, 1.54) is 0 Å². The molecule has 0 aliphatic carbocycles. The van der Waals surface area contributed by atoms with E-state index in [0.29, 0.717) is 19.6 Å². The van der Waals surface area contributed by atoms with Crippen LogP contribution in [0.1, 0.15) is 24.1 Å². The number of rotatable bonds is 8. The number of aliphatic hydroxyl groups excluding tert-OH is 1. The van der Waals surface area contributed by atoms with Crippen LogP contribution in [0, 0.1) is 0 Å². The third-order valence-electron chi connectivity index (χ3n) is 3.27. The van der Waals surface area contributed by atoms with E-state index < -0.39 is 0 Å². The highest BCUT2D eigenvalue weighted by Crippen LogP contribution is 2.19. The first-order valence-electron chi connectivity index (χ1n) is 7.12. The molecule has 1 aromatic carbocycles. The van der Waals surface area contributed by atoms with E-state index in [1.54, 1.807) is 7.11 Å². The summed E-state index contributed by atoms with van der Waals surface area (Å²) in [5, 5.41) is 16.3. The Balaban J connectivity index is 2.07. The Bertz CT molecular complexity index is 556. The second kappa shape index (κ2) is 7.75. The van der Waals surface area contributed by atoms with Crippen LogP contribution in [-0.4, -0.2) is 45.4 Å². The van der Waals surface area contributed by atoms with Gasteiger partial charge in [0.05, 0.1) is 20.3 Å². The number of aromatic amines is 1. The van der Waals surface area contributed by atoms with Gasteiger partial charge in [-0.05, 0) is 6.07 Å². The van der Waals surface area contributed by atoms with Gasteiger partial charge in [-0.25, -0.2) is 4.98 Å². The first-order chi connectivity index (χ1) is 10.3. The molecule has 1 aromatic heterocycles. The maximum Gasteiger partial charge on any atom is 0.150 e. The van der Waals surface area contributed by atoms with Crippen LogP contribution < -0.4 is 4.74 Å². The lowest BCUT2D eigenvalue weighted by Crippen LogP contribution is -2.26. The molecule has 0 saturated carbocycles. The molecular formula is C15H22N4O2. The highest BCUT2D eigenvalue weighted by atomic mass is 16.5. The molecule has 2 N–H and O–H groups in total. The third kappa shape index (κ3) is 4.27. The summed E-state index contributed by atoms with van der Waals surface area (Å²) >= 11 is 0. The van der Waals surface area contributed by atoms with E-state index >= 15 is 0 Å². The fourth-order valence-corrected chi connectivity index (χ4v) is 2.21. The Labute approximate surface area is 124 Å². The van der Waals surface area contributed by atoms with Gasteiger partial charge in [0.25, 0.3) is 0 Å². The molecule has 0 amide bonds. The minimum absolute atomic E-state index is 0.101. The lowest BCUT2D eigenvalue weighted by atomic mass is 10.2. The van der Waals surface area contributed by atoms with Crippen molar-refractivity contribution in [2.75, 3.05) is 20.3 Å². The summed E-state index contributed by atoms with van der Waals surface area (Å²) in [6, 6.07) is 7.90. The Morgan fingerprint density at radius 2 is 2.10 bits per heavy atom. The van der Waals surface area contributed by atoms with Crippen molar-refractivity contribution in [3.05, 3.63) is 41.5 Å². The lowest BCUT2D eigenvalue weighted by molar-refractivity contribution is 0.180. The van der Waals surface area contributed by atoms with Gasteiger partial charge < -0.3 is 9.84 Å². The largest absolute Gasteiger partial charge is 0.496 e. The second-order valence-electron chi connectivity index (χ2n) is 4.80. The number of aliphatic hydroxyl groups is 1. The summed E-state index contributed by atoms with van der Waals surface area (Å²) in [5.74, 6) is 2.48. The van der Waals surface area contributed by atoms with Crippen LogP contribution in [-0.2, 0) is 19.5 Å². The van der Waals surface area contributed by atoms with Crippen molar-refractivity contribution in [1.82, 2.24) is 20.1 Å². The molecule has 0 spiro atoms. The Morgan fingerprint density at radius 1 is 1.29 bits per heavy atom. The molecule has 0 unspecified atom stereocenters. The highest BCUT2D eigenvalue weighted by Gasteiger charge is 2.12. The number of benzene rings is 1. The average molecular weight is 290 g/mol. The molecule has 114 valence electrons. The van der Waals surface area contributed by atoms with Gasteiger partial charge in [0.2, 0.25) is 0 Å². The molecule has 2 aromatic rings. The zero-order chi connectivity index (χ0) is 15.1. The number of methoxy groups -OCH3 is 1. The quantitative estimate of drug-likeness (QED) is 0.768. The Kier molecular flexibility index (Phi) is 5.71. The van der Waals surface area contributed by atoms with E-state index in [0.717, 1.165) is 29.4 Å². The third-order valence-corrected chi connectivity index (χ3v) is 3.27. The minimum atomic E-state index is 0.101. The highest BCUT2D eigenvalue weighted by molar-refractivity contribution is 5.33. The van der Waals surface area contributed by atoms with Crippen LogP contribution in [0.4, 0.5) is 0 Å². The molecule has 2 rings (SSSR count). The SMILES string of the molecule is CCc1n[nH]c(CN(CCO)Cc2ccccc2OC)n1. The predicted octanol–water partition coefficient (Wildman–Crippen LogP) is 1.37. The number of nitrogens with one attached hydrogen (secondary N) is 1. The zero-order valence-electron chi connectivity index (χ0n) is 12.5. The predicted molar refractivity (Wildman–Crippen MR) is 80.0 cm³/mol. The van der Waals surface area contributed by atoms with Crippen molar-refractivity contribution in [3.8, 4) is 5.75 Å². The molecule has 0 atom stereocenters. The first-order valence-corrected chi connectivity index (χ1v) is 7.12. The Morgan fingerprint density at radius 3 is 2.76 bits per heavy atom. The molecule has 0 radical (unpaired) electrons. The number of hydrogen-bond acceptors (Lipinski definition) is 5. The normalized spacial score (nSPS) is 11.0. The second-order valence-corrected chi connectivity index (χ2v) is 4.80. The number of aryl methyl sites for hydroxylation is 1. The van der Waals surface area contributed by atoms with Crippen LogP contribution in [0.2, 0.25) is 0 Å². The molecule has 6 heteroatoms. The van der Waals surface area contributed by atoms with E-state index in [1.807, 2.05) is 31.2 Å². The van der Waals surface area contributed by atoms with Crippen LogP contribution in [0.25, 0.3) is 0 Å². The molecule has 0 saturated heterocycles. The number of ether oxygens (including phenoxy) is 1. The van der Waals surface area contributed by atoms with Gasteiger partial charge in [0.15, 0.2) is 0 Å². The van der Waals surface area contributed by atoms with Gasteiger partial charge in [0.1, 0.15) is 17.4 Å². The van der Waals surface area contributed by atoms with Gasteiger partial charge >= 0.3 is 0 Å². The number of aromatic nitrogens is 3. The van der Waals surface area contributed by atoms with Crippen molar-refractivity contribution < 1.29 is 9.84 Å². The van der Waals surface area contributed by atoms with Crippen molar-refractivity contribution >= 4 is 0 Å². The van der Waals surface area contributed by atoms with Gasteiger partial charge in [-0.2, -0.15) is 5.10 Å². The molecule has 0 fully saturated rings. The molecule has 21 heavy (non-hydrogen) atoms. The summed E-state index contributed by atoms with van der Waals surface area (Å²) in [6.45, 7) is 4.00. The van der Waals surface area contributed by atoms with Crippen molar-refractivity contribution in [1.29, 1.82) is 0 Å². The van der Waals surface area contributed by atoms with Gasteiger partial charge in [0, 0.05) is 25.1 Å². The molecule has 6 nitrogen and oxygen atoms in total. The lowest BCUT2D eigenvalue weighted by Gasteiger charge is -2.21. The van der Waals surface area contributed by atoms with Gasteiger partial charge in [-0.3, -0.25) is 10.00 Å². The van der Waals surface area contributed by atoms with Crippen molar-refractivity contribution in [2.24, 2.45) is 0 Å². The van der Waals surface area contributed by atoms with Crippen LogP contribution in [0.15, 0.2) is 24.3 Å². The number of para-hydroxylation sites is 1. The molecule has 0 bridgehead atoms. The summed E-state index contributed by atoms with van der Waals surface area (Å²) in [7, 11) is 1.67. The number of H-pyrrole nitrogens is 1. The maximum absolute atomic E-state index is 9.25. The van der Waals surface area contributed by atoms with Crippen LogP contribution in [0.5, 0.6) is 5.75 Å². The van der Waals surface area contributed by atoms with E-state index in [-0.39, 0.29) is 6.61 Å². The zero-order valence-corrected chi connectivity index (χ0v) is 12.5. The fraction of sp³-hybridized carbons (Fsp3) is 0.467. The first kappa shape index (κ1) is 15.5. The molecule has 0 aliphatic rings. The number of nitrogens with zero attached hydrogens (tertiary/aromatic N) is 3. The maximum atomic E-state index is 9.25. The smallest absolute Gasteiger partial charge is 0.150 e. The molecular weight excluding hydrogens is 268 g/mol. The average Bonchev–Trinajstić information content (AvgIpc) is 2.95. The van der Waals surface area contributed by atoms with Crippen molar-refractivity contribution in [2.45, 2.75) is 26.4 Å². The summed E-state index contributed by atoms with van der Waals surface area (Å²) in [4.78, 5) is 6.52. The van der Waals surface area contributed by atoms with Gasteiger partial charge in [-0.15, -0.1) is 0 Å². The van der Waals surface area contributed by atoms with Crippen LogP contribution in [0.3, 0.4) is 0 Å². The molecule has 0 aliphatic heterocycles. The fourth-order valence-electron chi connectivity index (χ4n) is 2.21. The minimum Gasteiger partial charge on any atom is -0.496 e. The van der Waals surface area contributed by atoms with Crippen molar-refractivity contribution in [3.63, 3.8) is 0 Å². The van der Waals surface area contributed by atoms with E-state index in [2.05, 4.69) is 20.1 Å². The van der Waals surface area contributed by atoms with Crippen LogP contribution >= 0.6 is 0 Å². The summed E-state index contributed by atoms with van der Waals surface area (Å²) in [6.07, 6.45) is 0.809. The summed E-state index contributed by atoms with van der Waals surface area (Å²) in [5.41, 5.74) is 1.09. The van der Waals surface area contributed by atoms with E-state index in [9.17, 15) is 5.11 Å². The number of hydrogen-bond donors (Lipinski definition) is 2. The Hall–Kier alpha value is -1.92. The monoisotopic (exact) mass is 290 g/mol.